The number of amides is 1. The van der Waals surface area contributed by atoms with Gasteiger partial charge in [0.1, 0.15) is 0 Å². The van der Waals surface area contributed by atoms with Crippen molar-refractivity contribution in [3.63, 3.8) is 0 Å². The summed E-state index contributed by atoms with van der Waals surface area (Å²) in [5, 5.41) is 6.51. The summed E-state index contributed by atoms with van der Waals surface area (Å²) < 4.78 is 5.36. The molecule has 0 spiro atoms. The van der Waals surface area contributed by atoms with Crippen molar-refractivity contribution in [1.29, 1.82) is 0 Å². The predicted octanol–water partition coefficient (Wildman–Crippen LogP) is 2.12. The Morgan fingerprint density at radius 3 is 2.60 bits per heavy atom. The molecule has 1 aliphatic carbocycles. The Morgan fingerprint density at radius 2 is 2.05 bits per heavy atom. The maximum absolute atomic E-state index is 11.9. The van der Waals surface area contributed by atoms with Crippen LogP contribution in [0.2, 0.25) is 0 Å². The van der Waals surface area contributed by atoms with E-state index in [1.165, 1.54) is 19.3 Å². The van der Waals surface area contributed by atoms with Crippen LogP contribution in [-0.4, -0.2) is 39.3 Å². The Balaban J connectivity index is 0.00000200. The molecule has 1 saturated carbocycles. The molecule has 4 nitrogen and oxygen atoms in total. The van der Waals surface area contributed by atoms with E-state index in [1.54, 1.807) is 7.11 Å². The molecule has 2 N–H and O–H groups in total. The number of carbonyl (C=O) groups excluding carboxylic acids is 1. The average molecular weight is 305 g/mol. The summed E-state index contributed by atoms with van der Waals surface area (Å²) in [6.07, 6.45) is 7.96. The van der Waals surface area contributed by atoms with Crippen molar-refractivity contribution in [2.45, 2.75) is 44.9 Å². The standard InChI is InChI=1S/C15H28N2O2.ClH/c1-19-12-15(7-9-16-10-8-15)11-17-14(18)6-5-13-3-2-4-13;/h13,16H,2-12H2,1H3,(H,17,18);1H. The second kappa shape index (κ2) is 8.85. The second-order valence-electron chi connectivity index (χ2n) is 6.30. The Hall–Kier alpha value is -0.320. The van der Waals surface area contributed by atoms with Crippen molar-refractivity contribution in [3.05, 3.63) is 0 Å². The molecule has 118 valence electrons. The van der Waals surface area contributed by atoms with Crippen molar-refractivity contribution in [2.24, 2.45) is 11.3 Å². The molecular formula is C15H29ClN2O2. The molecule has 0 aromatic rings. The molecular weight excluding hydrogens is 276 g/mol. The van der Waals surface area contributed by atoms with Crippen LogP contribution in [0.15, 0.2) is 0 Å². The van der Waals surface area contributed by atoms with Crippen molar-refractivity contribution in [3.8, 4) is 0 Å². The Labute approximate surface area is 128 Å². The van der Waals surface area contributed by atoms with Gasteiger partial charge in [0.25, 0.3) is 0 Å². The molecule has 1 saturated heterocycles. The van der Waals surface area contributed by atoms with E-state index in [2.05, 4.69) is 10.6 Å². The van der Waals surface area contributed by atoms with Crippen molar-refractivity contribution in [2.75, 3.05) is 33.4 Å². The smallest absolute Gasteiger partial charge is 0.220 e. The molecule has 2 rings (SSSR count). The zero-order valence-electron chi connectivity index (χ0n) is 12.6. The van der Waals surface area contributed by atoms with Gasteiger partial charge in [0, 0.05) is 25.5 Å². The van der Waals surface area contributed by atoms with Crippen molar-refractivity contribution >= 4 is 18.3 Å². The van der Waals surface area contributed by atoms with E-state index in [9.17, 15) is 4.79 Å². The van der Waals surface area contributed by atoms with E-state index in [1.807, 2.05) is 0 Å². The van der Waals surface area contributed by atoms with E-state index in [0.717, 1.165) is 51.4 Å². The van der Waals surface area contributed by atoms with Crippen LogP contribution in [0.25, 0.3) is 0 Å². The van der Waals surface area contributed by atoms with Crippen LogP contribution in [-0.2, 0) is 9.53 Å². The van der Waals surface area contributed by atoms with Gasteiger partial charge in [0.15, 0.2) is 0 Å². The number of carbonyl (C=O) groups is 1. The molecule has 1 amide bonds. The number of piperidine rings is 1. The average Bonchev–Trinajstić information content (AvgIpc) is 2.36. The molecule has 0 radical (unpaired) electrons. The third kappa shape index (κ3) is 5.23. The predicted molar refractivity (Wildman–Crippen MR) is 83.2 cm³/mol. The van der Waals surface area contributed by atoms with Gasteiger partial charge in [-0.05, 0) is 38.3 Å². The topological polar surface area (TPSA) is 50.4 Å². The van der Waals surface area contributed by atoms with E-state index in [0.29, 0.717) is 6.42 Å². The number of methoxy groups -OCH3 is 1. The van der Waals surface area contributed by atoms with Gasteiger partial charge in [-0.25, -0.2) is 0 Å². The minimum Gasteiger partial charge on any atom is -0.384 e. The summed E-state index contributed by atoms with van der Waals surface area (Å²) >= 11 is 0. The van der Waals surface area contributed by atoms with Gasteiger partial charge in [0.05, 0.1) is 6.61 Å². The van der Waals surface area contributed by atoms with Gasteiger partial charge in [-0.3, -0.25) is 4.79 Å². The molecule has 0 aromatic heterocycles. The van der Waals surface area contributed by atoms with E-state index in [4.69, 9.17) is 4.74 Å². The summed E-state index contributed by atoms with van der Waals surface area (Å²) in [4.78, 5) is 11.9. The van der Waals surface area contributed by atoms with Crippen LogP contribution < -0.4 is 10.6 Å². The van der Waals surface area contributed by atoms with Gasteiger partial charge >= 0.3 is 0 Å². The highest BCUT2D eigenvalue weighted by molar-refractivity contribution is 5.85. The molecule has 0 unspecified atom stereocenters. The van der Waals surface area contributed by atoms with Gasteiger partial charge in [-0.1, -0.05) is 19.3 Å². The zero-order valence-corrected chi connectivity index (χ0v) is 13.4. The fourth-order valence-electron chi connectivity index (χ4n) is 3.13. The maximum Gasteiger partial charge on any atom is 0.220 e. The van der Waals surface area contributed by atoms with Crippen LogP contribution in [0, 0.1) is 11.3 Å². The molecule has 1 heterocycles. The SMILES string of the molecule is COCC1(CNC(=O)CCC2CCC2)CCNCC1.Cl. The molecule has 1 aliphatic heterocycles. The first-order valence-corrected chi connectivity index (χ1v) is 7.70. The normalized spacial score (nSPS) is 21.6. The number of hydrogen-bond acceptors (Lipinski definition) is 3. The van der Waals surface area contributed by atoms with E-state index in [-0.39, 0.29) is 23.7 Å². The van der Waals surface area contributed by atoms with Crippen LogP contribution in [0.1, 0.15) is 44.9 Å². The maximum atomic E-state index is 11.9. The lowest BCUT2D eigenvalue weighted by molar-refractivity contribution is -0.122. The van der Waals surface area contributed by atoms with Crippen molar-refractivity contribution < 1.29 is 9.53 Å². The summed E-state index contributed by atoms with van der Waals surface area (Å²) in [7, 11) is 1.75. The first kappa shape index (κ1) is 17.7. The molecule has 2 aliphatic rings. The number of halogens is 1. The lowest BCUT2D eigenvalue weighted by Crippen LogP contribution is -2.47. The third-order valence-corrected chi connectivity index (χ3v) is 4.78. The van der Waals surface area contributed by atoms with Crippen LogP contribution in [0.4, 0.5) is 0 Å². The Kier molecular flexibility index (Phi) is 7.85. The third-order valence-electron chi connectivity index (χ3n) is 4.78. The number of hydrogen-bond donors (Lipinski definition) is 2. The van der Waals surface area contributed by atoms with Crippen LogP contribution in [0.5, 0.6) is 0 Å². The monoisotopic (exact) mass is 304 g/mol. The quantitative estimate of drug-likeness (QED) is 0.757. The Bertz CT molecular complexity index is 284. The molecule has 5 heteroatoms. The molecule has 0 aromatic carbocycles. The fraction of sp³-hybridized carbons (Fsp3) is 0.933. The van der Waals surface area contributed by atoms with Crippen LogP contribution >= 0.6 is 12.4 Å². The summed E-state index contributed by atoms with van der Waals surface area (Å²) in [5.41, 5.74) is 0.145. The molecule has 2 fully saturated rings. The first-order chi connectivity index (χ1) is 9.24. The lowest BCUT2D eigenvalue weighted by atomic mass is 9.79. The first-order valence-electron chi connectivity index (χ1n) is 7.70. The van der Waals surface area contributed by atoms with E-state index < -0.39 is 0 Å². The molecule has 0 atom stereocenters. The molecule has 0 bridgehead atoms. The minimum atomic E-state index is 0. The zero-order chi connectivity index (χ0) is 13.6. The largest absolute Gasteiger partial charge is 0.384 e. The second-order valence-corrected chi connectivity index (χ2v) is 6.30. The van der Waals surface area contributed by atoms with Gasteiger partial charge in [-0.2, -0.15) is 0 Å². The van der Waals surface area contributed by atoms with Crippen molar-refractivity contribution in [1.82, 2.24) is 10.6 Å². The highest BCUT2D eigenvalue weighted by Crippen LogP contribution is 2.31. The van der Waals surface area contributed by atoms with Crippen LogP contribution in [0.3, 0.4) is 0 Å². The Morgan fingerprint density at radius 1 is 1.35 bits per heavy atom. The number of ether oxygens (including phenoxy) is 1. The van der Waals surface area contributed by atoms with E-state index >= 15 is 0 Å². The molecule has 20 heavy (non-hydrogen) atoms. The minimum absolute atomic E-state index is 0. The number of rotatable bonds is 7. The summed E-state index contributed by atoms with van der Waals surface area (Å²) in [6.45, 7) is 3.58. The van der Waals surface area contributed by atoms with Gasteiger partial charge in [-0.15, -0.1) is 12.4 Å². The summed E-state index contributed by atoms with van der Waals surface area (Å²) in [5.74, 6) is 1.04. The highest BCUT2D eigenvalue weighted by Gasteiger charge is 2.32. The van der Waals surface area contributed by atoms with Gasteiger partial charge < -0.3 is 15.4 Å². The fourth-order valence-corrected chi connectivity index (χ4v) is 3.13. The summed E-state index contributed by atoms with van der Waals surface area (Å²) in [6, 6.07) is 0. The number of nitrogens with one attached hydrogen (secondary N) is 2. The lowest BCUT2D eigenvalue weighted by Gasteiger charge is -2.37. The van der Waals surface area contributed by atoms with Gasteiger partial charge in [0.2, 0.25) is 5.91 Å². The highest BCUT2D eigenvalue weighted by atomic mass is 35.5.